The highest BCUT2D eigenvalue weighted by Crippen LogP contribution is 2.18. The summed E-state index contributed by atoms with van der Waals surface area (Å²) in [6.07, 6.45) is 3.48. The van der Waals surface area contributed by atoms with E-state index in [0.29, 0.717) is 38.0 Å². The van der Waals surface area contributed by atoms with Crippen molar-refractivity contribution in [3.05, 3.63) is 71.6 Å². The highest BCUT2D eigenvalue weighted by molar-refractivity contribution is 5.91. The second kappa shape index (κ2) is 10.2. The number of hydrogen-bond acceptors (Lipinski definition) is 6. The molecule has 1 aliphatic heterocycles. The second-order valence-corrected chi connectivity index (χ2v) is 7.81. The van der Waals surface area contributed by atoms with Crippen LogP contribution in [0.2, 0.25) is 0 Å². The Morgan fingerprint density at radius 1 is 1.06 bits per heavy atom. The Balaban J connectivity index is 1.26. The largest absolute Gasteiger partial charge is 0.494 e. The molecular formula is C25H28N4O3. The molecule has 7 heteroatoms. The average Bonchev–Trinajstić information content (AvgIpc) is 3.28. The maximum absolute atomic E-state index is 12.5. The van der Waals surface area contributed by atoms with Gasteiger partial charge in [-0.1, -0.05) is 47.1 Å². The van der Waals surface area contributed by atoms with Crippen LogP contribution in [-0.4, -0.2) is 58.6 Å². The molecule has 0 N–H and O–H groups in total. The third-order valence-corrected chi connectivity index (χ3v) is 5.43. The standard InChI is InChI=1S/C25H28N4O3/c1-3-31-22-11-6-20(7-12-22)8-13-24(30)29-16-14-28(15-17-29)18-23-26-25(27-32-23)21-9-4-19(2)5-10-21/h4-13H,3,14-18H2,1-2H3/b13-8+. The minimum atomic E-state index is 0.0259. The van der Waals surface area contributed by atoms with Gasteiger partial charge in [0.2, 0.25) is 17.6 Å². The highest BCUT2D eigenvalue weighted by Gasteiger charge is 2.21. The summed E-state index contributed by atoms with van der Waals surface area (Å²) < 4.78 is 10.9. The minimum Gasteiger partial charge on any atom is -0.494 e. The number of amides is 1. The molecule has 0 spiro atoms. The predicted molar refractivity (Wildman–Crippen MR) is 123 cm³/mol. The monoisotopic (exact) mass is 432 g/mol. The number of aromatic nitrogens is 2. The number of carbonyl (C=O) groups is 1. The van der Waals surface area contributed by atoms with E-state index < -0.39 is 0 Å². The van der Waals surface area contributed by atoms with E-state index in [1.54, 1.807) is 6.08 Å². The molecule has 1 amide bonds. The first kappa shape index (κ1) is 21.8. The fraction of sp³-hybridized carbons (Fsp3) is 0.320. The molecule has 0 atom stereocenters. The van der Waals surface area contributed by atoms with Gasteiger partial charge in [-0.05, 0) is 37.6 Å². The lowest BCUT2D eigenvalue weighted by atomic mass is 10.1. The number of hydrogen-bond donors (Lipinski definition) is 0. The van der Waals surface area contributed by atoms with Crippen LogP contribution in [0.1, 0.15) is 23.9 Å². The van der Waals surface area contributed by atoms with Crippen molar-refractivity contribution in [1.82, 2.24) is 19.9 Å². The van der Waals surface area contributed by atoms with Gasteiger partial charge in [0.25, 0.3) is 0 Å². The summed E-state index contributed by atoms with van der Waals surface area (Å²) in [5, 5.41) is 4.10. The Hall–Kier alpha value is -3.45. The Morgan fingerprint density at radius 2 is 1.78 bits per heavy atom. The molecular weight excluding hydrogens is 404 g/mol. The average molecular weight is 433 g/mol. The lowest BCUT2D eigenvalue weighted by Crippen LogP contribution is -2.47. The van der Waals surface area contributed by atoms with Crippen molar-refractivity contribution in [2.45, 2.75) is 20.4 Å². The molecule has 2 heterocycles. The van der Waals surface area contributed by atoms with Gasteiger partial charge in [0.1, 0.15) is 5.75 Å². The molecule has 1 saturated heterocycles. The fourth-order valence-electron chi connectivity index (χ4n) is 3.57. The maximum atomic E-state index is 12.5. The first-order chi connectivity index (χ1) is 15.6. The van der Waals surface area contributed by atoms with Crippen molar-refractivity contribution in [2.75, 3.05) is 32.8 Å². The van der Waals surface area contributed by atoms with Crippen LogP contribution in [0.5, 0.6) is 5.75 Å². The van der Waals surface area contributed by atoms with Gasteiger partial charge in [-0.25, -0.2) is 0 Å². The first-order valence-electron chi connectivity index (χ1n) is 10.9. The second-order valence-electron chi connectivity index (χ2n) is 7.81. The molecule has 0 radical (unpaired) electrons. The zero-order chi connectivity index (χ0) is 22.3. The number of aryl methyl sites for hydroxylation is 1. The number of nitrogens with zero attached hydrogens (tertiary/aromatic N) is 4. The summed E-state index contributed by atoms with van der Waals surface area (Å²) >= 11 is 0. The van der Waals surface area contributed by atoms with Crippen LogP contribution >= 0.6 is 0 Å². The summed E-state index contributed by atoms with van der Waals surface area (Å²) in [5.74, 6) is 2.06. The summed E-state index contributed by atoms with van der Waals surface area (Å²) in [4.78, 5) is 21.2. The predicted octanol–water partition coefficient (Wildman–Crippen LogP) is 3.80. The molecule has 3 aromatic rings. The van der Waals surface area contributed by atoms with Crippen LogP contribution in [0.3, 0.4) is 0 Å². The van der Waals surface area contributed by atoms with E-state index in [0.717, 1.165) is 30.0 Å². The Kier molecular flexibility index (Phi) is 6.97. The van der Waals surface area contributed by atoms with E-state index in [9.17, 15) is 4.79 Å². The molecule has 1 fully saturated rings. The molecule has 0 unspecified atom stereocenters. The topological polar surface area (TPSA) is 71.7 Å². The smallest absolute Gasteiger partial charge is 0.246 e. The zero-order valence-corrected chi connectivity index (χ0v) is 18.5. The number of ether oxygens (including phenoxy) is 1. The highest BCUT2D eigenvalue weighted by atomic mass is 16.5. The van der Waals surface area contributed by atoms with Gasteiger partial charge in [0, 0.05) is 37.8 Å². The third-order valence-electron chi connectivity index (χ3n) is 5.43. The molecule has 7 nitrogen and oxygen atoms in total. The van der Waals surface area contributed by atoms with Crippen LogP contribution in [-0.2, 0) is 11.3 Å². The van der Waals surface area contributed by atoms with Gasteiger partial charge in [-0.3, -0.25) is 9.69 Å². The SMILES string of the molecule is CCOc1ccc(/C=C/C(=O)N2CCN(Cc3nc(-c4ccc(C)cc4)no3)CC2)cc1. The lowest BCUT2D eigenvalue weighted by molar-refractivity contribution is -0.127. The number of piperazine rings is 1. The van der Waals surface area contributed by atoms with Crippen LogP contribution in [0.15, 0.2) is 59.1 Å². The van der Waals surface area contributed by atoms with Crippen LogP contribution in [0.25, 0.3) is 17.5 Å². The Morgan fingerprint density at radius 3 is 2.47 bits per heavy atom. The zero-order valence-electron chi connectivity index (χ0n) is 18.5. The van der Waals surface area contributed by atoms with Crippen LogP contribution in [0.4, 0.5) is 0 Å². The van der Waals surface area contributed by atoms with E-state index in [1.165, 1.54) is 5.56 Å². The van der Waals surface area contributed by atoms with Crippen molar-refractivity contribution in [2.24, 2.45) is 0 Å². The van der Waals surface area contributed by atoms with E-state index in [-0.39, 0.29) is 5.91 Å². The normalized spacial score (nSPS) is 14.8. The van der Waals surface area contributed by atoms with E-state index in [2.05, 4.69) is 15.0 Å². The molecule has 1 aliphatic rings. The van der Waals surface area contributed by atoms with Crippen LogP contribution < -0.4 is 4.74 Å². The first-order valence-corrected chi connectivity index (χ1v) is 10.9. The summed E-state index contributed by atoms with van der Waals surface area (Å²) in [6, 6.07) is 15.8. The van der Waals surface area contributed by atoms with Gasteiger partial charge in [-0.15, -0.1) is 0 Å². The van der Waals surface area contributed by atoms with E-state index in [1.807, 2.05) is 73.4 Å². The molecule has 4 rings (SSSR count). The maximum Gasteiger partial charge on any atom is 0.246 e. The number of carbonyl (C=O) groups excluding carboxylic acids is 1. The van der Waals surface area contributed by atoms with Crippen molar-refractivity contribution < 1.29 is 14.1 Å². The molecule has 1 aromatic heterocycles. The van der Waals surface area contributed by atoms with Crippen molar-refractivity contribution >= 4 is 12.0 Å². The van der Waals surface area contributed by atoms with Crippen molar-refractivity contribution in [1.29, 1.82) is 0 Å². The Labute approximate surface area is 188 Å². The molecule has 2 aromatic carbocycles. The van der Waals surface area contributed by atoms with Crippen molar-refractivity contribution in [3.8, 4) is 17.1 Å². The van der Waals surface area contributed by atoms with E-state index in [4.69, 9.17) is 9.26 Å². The van der Waals surface area contributed by atoms with Gasteiger partial charge in [-0.2, -0.15) is 4.98 Å². The molecule has 32 heavy (non-hydrogen) atoms. The molecule has 166 valence electrons. The molecule has 0 saturated carbocycles. The van der Waals surface area contributed by atoms with Gasteiger partial charge < -0.3 is 14.2 Å². The lowest BCUT2D eigenvalue weighted by Gasteiger charge is -2.33. The van der Waals surface area contributed by atoms with E-state index >= 15 is 0 Å². The molecule has 0 aliphatic carbocycles. The summed E-state index contributed by atoms with van der Waals surface area (Å²) in [5.41, 5.74) is 3.11. The van der Waals surface area contributed by atoms with Gasteiger partial charge >= 0.3 is 0 Å². The van der Waals surface area contributed by atoms with Crippen LogP contribution in [0, 0.1) is 6.92 Å². The van der Waals surface area contributed by atoms with Crippen molar-refractivity contribution in [3.63, 3.8) is 0 Å². The number of benzene rings is 2. The van der Waals surface area contributed by atoms with Gasteiger partial charge in [0.05, 0.1) is 13.2 Å². The third kappa shape index (κ3) is 5.62. The summed E-state index contributed by atoms with van der Waals surface area (Å²) in [7, 11) is 0. The molecule has 0 bridgehead atoms. The quantitative estimate of drug-likeness (QED) is 0.529. The summed E-state index contributed by atoms with van der Waals surface area (Å²) in [6.45, 7) is 8.11. The fourth-order valence-corrected chi connectivity index (χ4v) is 3.57. The number of rotatable bonds is 7. The minimum absolute atomic E-state index is 0.0259. The Bertz CT molecular complexity index is 1050. The van der Waals surface area contributed by atoms with Gasteiger partial charge in [0.15, 0.2) is 0 Å².